The lowest BCUT2D eigenvalue weighted by atomic mass is 10.1. The second-order valence-corrected chi connectivity index (χ2v) is 2.06. The molecule has 0 aromatic carbocycles. The number of rotatable bonds is 1. The molecule has 1 fully saturated rings. The van der Waals surface area contributed by atoms with Crippen LogP contribution in [0.15, 0.2) is 0 Å². The number of hydrogen-bond acceptors (Lipinski definition) is 2. The summed E-state index contributed by atoms with van der Waals surface area (Å²) in [5, 5.41) is 16.3. The van der Waals surface area contributed by atoms with Crippen molar-refractivity contribution in [3.05, 3.63) is 0 Å². The molecule has 0 unspecified atom stereocenters. The van der Waals surface area contributed by atoms with Gasteiger partial charge < -0.3 is 5.11 Å². The van der Waals surface area contributed by atoms with Crippen LogP contribution in [0.25, 0.3) is 0 Å². The Labute approximate surface area is 50.7 Å². The summed E-state index contributed by atoms with van der Waals surface area (Å²) in [6, 6.07) is 1.43. The van der Waals surface area contributed by atoms with Crippen molar-refractivity contribution in [2.24, 2.45) is 5.41 Å². The van der Waals surface area contributed by atoms with E-state index in [4.69, 9.17) is 10.4 Å². The lowest BCUT2D eigenvalue weighted by Crippen LogP contribution is -2.15. The minimum Gasteiger partial charge on any atom is -0.480 e. The third kappa shape index (κ3) is 0.578. The van der Waals surface area contributed by atoms with Crippen LogP contribution in [0.1, 0.15) is 6.42 Å². The standard InChI is InChI=1S/C5H4FNO2/c6-3-1-5(3,2-7)4(8)9/h3H,1H2,(H,8,9)/t3-,5+/m1/s1. The van der Waals surface area contributed by atoms with E-state index >= 15 is 0 Å². The molecule has 0 aliphatic heterocycles. The average molecular weight is 129 g/mol. The summed E-state index contributed by atoms with van der Waals surface area (Å²) in [7, 11) is 0. The van der Waals surface area contributed by atoms with Crippen molar-refractivity contribution < 1.29 is 14.3 Å². The van der Waals surface area contributed by atoms with Crippen LogP contribution < -0.4 is 0 Å². The van der Waals surface area contributed by atoms with E-state index in [0.717, 1.165) is 0 Å². The van der Waals surface area contributed by atoms with Crippen LogP contribution in [0.2, 0.25) is 0 Å². The van der Waals surface area contributed by atoms with E-state index in [1.54, 1.807) is 0 Å². The van der Waals surface area contributed by atoms with Gasteiger partial charge >= 0.3 is 5.97 Å². The summed E-state index contributed by atoms with van der Waals surface area (Å²) < 4.78 is 12.1. The number of carboxylic acids is 1. The molecule has 48 valence electrons. The predicted molar refractivity (Wildman–Crippen MR) is 25.2 cm³/mol. The topological polar surface area (TPSA) is 61.1 Å². The third-order valence-corrected chi connectivity index (χ3v) is 1.46. The van der Waals surface area contributed by atoms with Crippen LogP contribution in [-0.2, 0) is 4.79 Å². The Balaban J connectivity index is 2.77. The molecule has 0 aromatic rings. The van der Waals surface area contributed by atoms with E-state index in [0.29, 0.717) is 0 Å². The van der Waals surface area contributed by atoms with Crippen molar-refractivity contribution in [3.8, 4) is 6.07 Å². The summed E-state index contributed by atoms with van der Waals surface area (Å²) in [5.41, 5.74) is -1.69. The molecule has 0 bridgehead atoms. The Hall–Kier alpha value is -1.11. The zero-order chi connectivity index (χ0) is 7.07. The second kappa shape index (κ2) is 1.44. The smallest absolute Gasteiger partial charge is 0.327 e. The van der Waals surface area contributed by atoms with Crippen LogP contribution in [0.4, 0.5) is 4.39 Å². The van der Waals surface area contributed by atoms with Crippen molar-refractivity contribution in [2.75, 3.05) is 0 Å². The average Bonchev–Trinajstić information content (AvgIpc) is 2.43. The van der Waals surface area contributed by atoms with Crippen LogP contribution in [0.3, 0.4) is 0 Å². The minimum atomic E-state index is -1.69. The van der Waals surface area contributed by atoms with Gasteiger partial charge in [-0.2, -0.15) is 5.26 Å². The number of hydrogen-bond donors (Lipinski definition) is 1. The van der Waals surface area contributed by atoms with Gasteiger partial charge in [0.15, 0.2) is 5.41 Å². The van der Waals surface area contributed by atoms with Gasteiger partial charge in [-0.1, -0.05) is 0 Å². The Morgan fingerprint density at radius 2 is 2.44 bits per heavy atom. The van der Waals surface area contributed by atoms with Crippen molar-refractivity contribution in [3.63, 3.8) is 0 Å². The Bertz CT molecular complexity index is 198. The highest BCUT2D eigenvalue weighted by molar-refractivity contribution is 5.82. The Morgan fingerprint density at radius 1 is 2.00 bits per heavy atom. The van der Waals surface area contributed by atoms with Crippen LogP contribution >= 0.6 is 0 Å². The van der Waals surface area contributed by atoms with E-state index in [9.17, 15) is 9.18 Å². The molecule has 2 atom stereocenters. The van der Waals surface area contributed by atoms with Crippen molar-refractivity contribution in [1.29, 1.82) is 5.26 Å². The number of halogens is 1. The van der Waals surface area contributed by atoms with Crippen molar-refractivity contribution >= 4 is 5.97 Å². The predicted octanol–water partition coefficient (Wildman–Crippen LogP) is 0.323. The molecule has 0 amide bonds. The normalized spacial score (nSPS) is 39.3. The first-order valence-corrected chi connectivity index (χ1v) is 2.42. The highest BCUT2D eigenvalue weighted by Gasteiger charge is 2.63. The molecule has 1 rings (SSSR count). The molecule has 9 heavy (non-hydrogen) atoms. The van der Waals surface area contributed by atoms with Gasteiger partial charge in [-0.05, 0) is 0 Å². The number of aliphatic carboxylic acids is 1. The minimum absolute atomic E-state index is 0.154. The van der Waals surface area contributed by atoms with E-state index in [-0.39, 0.29) is 6.42 Å². The van der Waals surface area contributed by atoms with Crippen LogP contribution in [0.5, 0.6) is 0 Å². The monoisotopic (exact) mass is 129 g/mol. The lowest BCUT2D eigenvalue weighted by Gasteiger charge is -1.92. The van der Waals surface area contributed by atoms with Crippen molar-refractivity contribution in [2.45, 2.75) is 12.6 Å². The van der Waals surface area contributed by atoms with E-state index < -0.39 is 17.6 Å². The highest BCUT2D eigenvalue weighted by atomic mass is 19.1. The molecule has 1 aliphatic rings. The molecule has 0 spiro atoms. The zero-order valence-corrected chi connectivity index (χ0v) is 4.47. The van der Waals surface area contributed by atoms with Gasteiger partial charge in [0.1, 0.15) is 6.17 Å². The Morgan fingerprint density at radius 3 is 2.44 bits per heavy atom. The fourth-order valence-electron chi connectivity index (χ4n) is 0.609. The zero-order valence-electron chi connectivity index (χ0n) is 4.47. The molecule has 1 N–H and O–H groups in total. The molecular weight excluding hydrogens is 125 g/mol. The first kappa shape index (κ1) is 6.02. The molecule has 0 saturated heterocycles. The summed E-state index contributed by atoms with van der Waals surface area (Å²) >= 11 is 0. The highest BCUT2D eigenvalue weighted by Crippen LogP contribution is 2.48. The lowest BCUT2D eigenvalue weighted by molar-refractivity contribution is -0.141. The Kier molecular flexibility index (Phi) is 0.962. The fourth-order valence-corrected chi connectivity index (χ4v) is 0.609. The molecule has 3 nitrogen and oxygen atoms in total. The first-order chi connectivity index (χ1) is 4.13. The molecule has 0 heterocycles. The first-order valence-electron chi connectivity index (χ1n) is 2.42. The van der Waals surface area contributed by atoms with Gasteiger partial charge in [0.05, 0.1) is 6.07 Å². The van der Waals surface area contributed by atoms with E-state index in [1.165, 1.54) is 6.07 Å². The van der Waals surface area contributed by atoms with E-state index in [2.05, 4.69) is 0 Å². The van der Waals surface area contributed by atoms with Gasteiger partial charge in [-0.3, -0.25) is 4.79 Å². The second-order valence-electron chi connectivity index (χ2n) is 2.06. The summed E-state index contributed by atoms with van der Waals surface area (Å²) in [5.74, 6) is -1.35. The maximum absolute atomic E-state index is 12.1. The molecule has 1 aliphatic carbocycles. The van der Waals surface area contributed by atoms with Gasteiger partial charge in [0.2, 0.25) is 0 Å². The van der Waals surface area contributed by atoms with Gasteiger partial charge in [-0.25, -0.2) is 4.39 Å². The maximum atomic E-state index is 12.1. The maximum Gasteiger partial charge on any atom is 0.327 e. The SMILES string of the molecule is N#C[C@@]1(C(=O)O)C[C@H]1F. The number of nitriles is 1. The largest absolute Gasteiger partial charge is 0.480 e. The van der Waals surface area contributed by atoms with Gasteiger partial charge in [-0.15, -0.1) is 0 Å². The van der Waals surface area contributed by atoms with Crippen LogP contribution in [0, 0.1) is 16.7 Å². The summed E-state index contributed by atoms with van der Waals surface area (Å²) in [6.07, 6.45) is -1.61. The number of alkyl halides is 1. The summed E-state index contributed by atoms with van der Waals surface area (Å²) in [4.78, 5) is 10.1. The summed E-state index contributed by atoms with van der Waals surface area (Å²) in [6.45, 7) is 0. The molecule has 0 radical (unpaired) electrons. The number of carboxylic acid groups (broad SMARTS) is 1. The fraction of sp³-hybridized carbons (Fsp3) is 0.600. The van der Waals surface area contributed by atoms with E-state index in [1.807, 2.05) is 0 Å². The third-order valence-electron chi connectivity index (χ3n) is 1.46. The molecular formula is C5H4FNO2. The van der Waals surface area contributed by atoms with Crippen LogP contribution in [-0.4, -0.2) is 17.2 Å². The van der Waals surface area contributed by atoms with Gasteiger partial charge in [0, 0.05) is 6.42 Å². The molecule has 1 saturated carbocycles. The van der Waals surface area contributed by atoms with Gasteiger partial charge in [0.25, 0.3) is 0 Å². The number of carbonyl (C=O) groups is 1. The molecule has 0 aromatic heterocycles. The molecule has 4 heteroatoms. The quantitative estimate of drug-likeness (QED) is 0.554. The number of nitrogens with zero attached hydrogens (tertiary/aromatic N) is 1. The van der Waals surface area contributed by atoms with Crippen molar-refractivity contribution in [1.82, 2.24) is 0 Å².